The number of piperidine rings is 1. The summed E-state index contributed by atoms with van der Waals surface area (Å²) < 4.78 is 6.63. The molecule has 0 spiro atoms. The molecule has 4 heterocycles. The molecule has 1 aliphatic heterocycles. The van der Waals surface area contributed by atoms with Crippen molar-refractivity contribution >= 4 is 40.0 Å². The Bertz CT molecular complexity index is 1650. The van der Waals surface area contributed by atoms with E-state index in [-0.39, 0.29) is 17.6 Å². The van der Waals surface area contributed by atoms with Crippen LogP contribution in [0.2, 0.25) is 0 Å². The number of hydrogen-bond donors (Lipinski definition) is 3. The summed E-state index contributed by atoms with van der Waals surface area (Å²) in [5.41, 5.74) is 3.14. The molecule has 0 aliphatic carbocycles. The van der Waals surface area contributed by atoms with Crippen LogP contribution in [-0.4, -0.2) is 64.9 Å². The first-order valence-corrected chi connectivity index (χ1v) is 14.2. The Morgan fingerprint density at radius 2 is 2.00 bits per heavy atom. The number of amides is 1. The topological polar surface area (TPSA) is 142 Å². The molecule has 2 atom stereocenters. The first-order valence-electron chi connectivity index (χ1n) is 13.3. The number of thiazole rings is 1. The lowest BCUT2D eigenvalue weighted by Crippen LogP contribution is -2.53. The third-order valence-corrected chi connectivity index (χ3v) is 8.07. The van der Waals surface area contributed by atoms with Gasteiger partial charge in [0.05, 0.1) is 11.1 Å². The van der Waals surface area contributed by atoms with E-state index in [9.17, 15) is 9.90 Å². The molecule has 1 fully saturated rings. The van der Waals surface area contributed by atoms with Crippen LogP contribution in [0, 0.1) is 5.41 Å². The summed E-state index contributed by atoms with van der Waals surface area (Å²) in [5, 5.41) is 23.4. The van der Waals surface area contributed by atoms with Crippen LogP contribution in [0.5, 0.6) is 5.75 Å². The monoisotopic (exact) mass is 570 g/mol. The second kappa shape index (κ2) is 10.8. The highest BCUT2D eigenvalue weighted by molar-refractivity contribution is 7.13. The van der Waals surface area contributed by atoms with Crippen molar-refractivity contribution in [2.45, 2.75) is 45.8 Å². The van der Waals surface area contributed by atoms with Crippen LogP contribution >= 0.6 is 11.3 Å². The molecule has 5 aromatic rings. The lowest BCUT2D eigenvalue weighted by atomic mass is 9.80. The predicted molar refractivity (Wildman–Crippen MR) is 157 cm³/mol. The van der Waals surface area contributed by atoms with Gasteiger partial charge in [0.25, 0.3) is 0 Å². The van der Waals surface area contributed by atoms with Crippen molar-refractivity contribution in [2.75, 3.05) is 11.9 Å². The number of fused-ring (bicyclic) bond motifs is 1. The van der Waals surface area contributed by atoms with Crippen LogP contribution in [-0.2, 0) is 0 Å². The summed E-state index contributed by atoms with van der Waals surface area (Å²) >= 11 is 1.53. The van der Waals surface area contributed by atoms with E-state index >= 15 is 0 Å². The summed E-state index contributed by atoms with van der Waals surface area (Å²) in [6.45, 7) is 6.63. The minimum absolute atomic E-state index is 0.145. The minimum Gasteiger partial charge on any atom is -0.489 e. The number of rotatable bonds is 6. The van der Waals surface area contributed by atoms with Crippen molar-refractivity contribution in [2.24, 2.45) is 5.41 Å². The highest BCUT2D eigenvalue weighted by atomic mass is 32.1. The standard InChI is InChI=1S/C29H30N8O3S/c1-29(2,3)24-13-20(8-10-37(24)28(38)39)40-23-14-22-18(12-21(23)26-30-9-11-41-26)15-31-27(35-22)34-19-6-4-17(5-7-19)25-32-16-33-36-25/h4-7,9,11-12,14-16,20,24H,8,10,13H2,1-3H3,(H,38,39)(H,31,34,35)(H,32,33,36). The molecule has 0 bridgehead atoms. The summed E-state index contributed by atoms with van der Waals surface area (Å²) in [4.78, 5) is 31.5. The first kappa shape index (κ1) is 26.6. The SMILES string of the molecule is CC(C)(C)C1CC(Oc2cc3nc(Nc4ccc(-c5ncn[nH]5)cc4)ncc3cc2-c2nccs2)CCN1C(=O)O. The van der Waals surface area contributed by atoms with Gasteiger partial charge in [-0.3, -0.25) is 5.10 Å². The minimum atomic E-state index is -0.887. The van der Waals surface area contributed by atoms with E-state index < -0.39 is 6.09 Å². The number of nitrogens with zero attached hydrogens (tertiary/aromatic N) is 6. The fourth-order valence-electron chi connectivity index (χ4n) is 5.20. The number of carbonyl (C=O) groups is 1. The van der Waals surface area contributed by atoms with Gasteiger partial charge in [0.1, 0.15) is 23.2 Å². The Balaban J connectivity index is 1.29. The van der Waals surface area contributed by atoms with Gasteiger partial charge >= 0.3 is 6.09 Å². The molecule has 1 aliphatic rings. The maximum Gasteiger partial charge on any atom is 0.407 e. The van der Waals surface area contributed by atoms with Crippen molar-refractivity contribution < 1.29 is 14.6 Å². The second-order valence-corrected chi connectivity index (χ2v) is 12.0. The number of carboxylic acid groups (broad SMARTS) is 1. The number of aromatic nitrogens is 6. The van der Waals surface area contributed by atoms with Gasteiger partial charge in [-0.05, 0) is 35.7 Å². The Labute approximate surface area is 240 Å². The molecule has 11 nitrogen and oxygen atoms in total. The number of hydrogen-bond acceptors (Lipinski definition) is 9. The van der Waals surface area contributed by atoms with Crippen LogP contribution in [0.4, 0.5) is 16.4 Å². The number of anilines is 2. The summed E-state index contributed by atoms with van der Waals surface area (Å²) in [6, 6.07) is 11.5. The average Bonchev–Trinajstić information content (AvgIpc) is 3.68. The van der Waals surface area contributed by atoms with E-state index in [2.05, 4.69) is 51.2 Å². The molecule has 6 rings (SSSR count). The molecule has 12 heteroatoms. The maximum absolute atomic E-state index is 11.9. The van der Waals surface area contributed by atoms with Crippen molar-refractivity contribution in [1.82, 2.24) is 35.0 Å². The molecule has 0 saturated carbocycles. The zero-order valence-corrected chi connectivity index (χ0v) is 23.7. The van der Waals surface area contributed by atoms with Crippen molar-refractivity contribution in [3.63, 3.8) is 0 Å². The van der Waals surface area contributed by atoms with Crippen LogP contribution in [0.3, 0.4) is 0 Å². The third kappa shape index (κ3) is 5.68. The van der Waals surface area contributed by atoms with E-state index in [0.717, 1.165) is 32.7 Å². The van der Waals surface area contributed by atoms with E-state index in [1.165, 1.54) is 17.7 Å². The van der Waals surface area contributed by atoms with Crippen molar-refractivity contribution in [1.29, 1.82) is 0 Å². The quantitative estimate of drug-likeness (QED) is 0.217. The number of H-pyrrole nitrogens is 1. The second-order valence-electron chi connectivity index (χ2n) is 11.1. The Hall–Kier alpha value is -4.58. The molecule has 210 valence electrons. The van der Waals surface area contributed by atoms with Gasteiger partial charge < -0.3 is 20.1 Å². The summed E-state index contributed by atoms with van der Waals surface area (Å²) in [7, 11) is 0. The third-order valence-electron chi connectivity index (χ3n) is 7.27. The van der Waals surface area contributed by atoms with Gasteiger partial charge in [0.2, 0.25) is 5.95 Å². The van der Waals surface area contributed by atoms with Gasteiger partial charge in [-0.2, -0.15) is 5.10 Å². The normalized spacial score (nSPS) is 17.5. The number of likely N-dealkylation sites (tertiary alicyclic amines) is 1. The number of nitrogens with one attached hydrogen (secondary N) is 2. The number of benzene rings is 2. The fourth-order valence-corrected chi connectivity index (χ4v) is 5.85. The van der Waals surface area contributed by atoms with Gasteiger partial charge in [0, 0.05) is 65.9 Å². The van der Waals surface area contributed by atoms with Gasteiger partial charge in [-0.25, -0.2) is 24.7 Å². The largest absolute Gasteiger partial charge is 0.489 e. The molecular weight excluding hydrogens is 540 g/mol. The number of aromatic amines is 1. The Morgan fingerprint density at radius 1 is 1.17 bits per heavy atom. The lowest BCUT2D eigenvalue weighted by Gasteiger charge is -2.44. The lowest BCUT2D eigenvalue weighted by molar-refractivity contribution is 0.0132. The van der Waals surface area contributed by atoms with Crippen LogP contribution in [0.1, 0.15) is 33.6 Å². The molecule has 3 N–H and O–H groups in total. The van der Waals surface area contributed by atoms with Crippen LogP contribution in [0.15, 0.2) is 60.5 Å². The smallest absolute Gasteiger partial charge is 0.407 e. The molecule has 2 unspecified atom stereocenters. The molecule has 2 aromatic carbocycles. The first-order chi connectivity index (χ1) is 19.7. The predicted octanol–water partition coefficient (Wildman–Crippen LogP) is 6.22. The molecule has 1 saturated heterocycles. The van der Waals surface area contributed by atoms with Gasteiger partial charge in [-0.15, -0.1) is 11.3 Å². The average molecular weight is 571 g/mol. The zero-order valence-electron chi connectivity index (χ0n) is 22.9. The van der Waals surface area contributed by atoms with E-state index in [0.29, 0.717) is 36.9 Å². The van der Waals surface area contributed by atoms with Crippen LogP contribution in [0.25, 0.3) is 32.9 Å². The zero-order chi connectivity index (χ0) is 28.6. The van der Waals surface area contributed by atoms with Gasteiger partial charge in [-0.1, -0.05) is 20.8 Å². The Morgan fingerprint density at radius 3 is 2.68 bits per heavy atom. The fraction of sp³-hybridized carbons (Fsp3) is 0.310. The van der Waals surface area contributed by atoms with Crippen LogP contribution < -0.4 is 10.1 Å². The van der Waals surface area contributed by atoms with E-state index in [1.54, 1.807) is 17.3 Å². The van der Waals surface area contributed by atoms with E-state index in [4.69, 9.17) is 9.72 Å². The molecule has 0 radical (unpaired) electrons. The van der Waals surface area contributed by atoms with Crippen molar-refractivity contribution in [3.05, 3.63) is 60.5 Å². The molecule has 3 aromatic heterocycles. The summed E-state index contributed by atoms with van der Waals surface area (Å²) in [6.07, 6.45) is 5.21. The highest BCUT2D eigenvalue weighted by Crippen LogP contribution is 2.39. The number of ether oxygens (including phenoxy) is 1. The van der Waals surface area contributed by atoms with Gasteiger partial charge in [0.15, 0.2) is 5.82 Å². The molecular formula is C29H30N8O3S. The highest BCUT2D eigenvalue weighted by Gasteiger charge is 2.39. The van der Waals surface area contributed by atoms with Crippen molar-refractivity contribution in [3.8, 4) is 27.7 Å². The Kier molecular flexibility index (Phi) is 7.00. The van der Waals surface area contributed by atoms with E-state index in [1.807, 2.05) is 41.8 Å². The summed E-state index contributed by atoms with van der Waals surface area (Å²) in [5.74, 6) is 1.83. The maximum atomic E-state index is 11.9. The molecule has 41 heavy (non-hydrogen) atoms. The molecule has 1 amide bonds.